The monoisotopic (exact) mass is 301 g/mol. The quantitative estimate of drug-likeness (QED) is 0.649. The molecule has 1 aromatic heterocycles. The van der Waals surface area contributed by atoms with Crippen LogP contribution in [0.3, 0.4) is 0 Å². The Morgan fingerprint density at radius 1 is 1.37 bits per heavy atom. The van der Waals surface area contributed by atoms with E-state index in [9.17, 15) is 0 Å². The third-order valence-electron chi connectivity index (χ3n) is 4.49. The average molecular weight is 302 g/mol. The lowest BCUT2D eigenvalue weighted by Gasteiger charge is -2.48. The number of hydrogen-bond donors (Lipinski definition) is 2. The number of thiophene rings is 1. The van der Waals surface area contributed by atoms with Crippen LogP contribution in [0.5, 0.6) is 0 Å². The summed E-state index contributed by atoms with van der Waals surface area (Å²) in [6, 6.07) is 4.36. The molecule has 3 nitrogen and oxygen atoms in total. The van der Waals surface area contributed by atoms with E-state index < -0.39 is 0 Å². The average Bonchev–Trinajstić information content (AvgIpc) is 2.82. The number of likely N-dealkylation sites (N-methyl/N-ethyl adjacent to an activating group) is 1. The molecule has 0 aliphatic heterocycles. The van der Waals surface area contributed by atoms with Gasteiger partial charge in [0.2, 0.25) is 0 Å². The van der Waals surface area contributed by atoms with E-state index in [2.05, 4.69) is 30.5 Å². The maximum Gasteiger partial charge on any atom is 0.0931 e. The highest BCUT2D eigenvalue weighted by Crippen LogP contribution is 2.37. The second-order valence-electron chi connectivity index (χ2n) is 5.69. The summed E-state index contributed by atoms with van der Waals surface area (Å²) < 4.78 is 0.855. The minimum Gasteiger partial charge on any atom is -0.302 e. The van der Waals surface area contributed by atoms with Gasteiger partial charge in [-0.3, -0.25) is 11.3 Å². The molecule has 5 heteroatoms. The molecule has 1 fully saturated rings. The van der Waals surface area contributed by atoms with Crippen LogP contribution in [0.25, 0.3) is 0 Å². The zero-order valence-corrected chi connectivity index (χ0v) is 13.4. The van der Waals surface area contributed by atoms with Crippen LogP contribution in [0.2, 0.25) is 4.34 Å². The lowest BCUT2D eigenvalue weighted by atomic mass is 9.74. The fourth-order valence-corrected chi connectivity index (χ4v) is 4.47. The molecule has 1 aromatic rings. The molecular formula is C14H24ClN3S. The molecular weight excluding hydrogens is 278 g/mol. The van der Waals surface area contributed by atoms with E-state index in [1.54, 1.807) is 11.3 Å². The second-order valence-corrected chi connectivity index (χ2v) is 7.49. The van der Waals surface area contributed by atoms with E-state index in [1.807, 2.05) is 6.07 Å². The third-order valence-corrected chi connectivity index (χ3v) is 5.75. The Hall–Kier alpha value is -0.130. The van der Waals surface area contributed by atoms with Crippen molar-refractivity contribution in [2.24, 2.45) is 5.84 Å². The molecule has 0 spiro atoms. The van der Waals surface area contributed by atoms with Gasteiger partial charge >= 0.3 is 0 Å². The van der Waals surface area contributed by atoms with Crippen LogP contribution in [0.4, 0.5) is 0 Å². The van der Waals surface area contributed by atoms with Gasteiger partial charge in [-0.2, -0.15) is 0 Å². The molecule has 0 amide bonds. The van der Waals surface area contributed by atoms with Crippen molar-refractivity contribution in [2.75, 3.05) is 14.1 Å². The molecule has 108 valence electrons. The summed E-state index contributed by atoms with van der Waals surface area (Å²) in [4.78, 5) is 3.67. The number of hydrazine groups is 1. The Bertz CT molecular complexity index is 399. The largest absolute Gasteiger partial charge is 0.302 e. The Kier molecular flexibility index (Phi) is 5.26. The first-order valence-corrected chi connectivity index (χ1v) is 8.16. The highest BCUT2D eigenvalue weighted by atomic mass is 35.5. The summed E-state index contributed by atoms with van der Waals surface area (Å²) in [5, 5.41) is 0. The predicted octanol–water partition coefficient (Wildman–Crippen LogP) is 3.04. The number of hydrogen-bond acceptors (Lipinski definition) is 4. The summed E-state index contributed by atoms with van der Waals surface area (Å²) in [6.45, 7) is 0. The van der Waals surface area contributed by atoms with Crippen molar-refractivity contribution in [2.45, 2.75) is 50.1 Å². The van der Waals surface area contributed by atoms with Gasteiger partial charge in [-0.05, 0) is 39.1 Å². The lowest BCUT2D eigenvalue weighted by Crippen LogP contribution is -2.62. The molecule has 1 saturated carbocycles. The van der Waals surface area contributed by atoms with Crippen molar-refractivity contribution < 1.29 is 0 Å². The molecule has 1 atom stereocenters. The van der Waals surface area contributed by atoms with E-state index in [-0.39, 0.29) is 11.6 Å². The Morgan fingerprint density at radius 3 is 2.53 bits per heavy atom. The summed E-state index contributed by atoms with van der Waals surface area (Å²) >= 11 is 7.68. The molecule has 1 unspecified atom stereocenters. The fourth-order valence-electron chi connectivity index (χ4n) is 3.34. The van der Waals surface area contributed by atoms with Gasteiger partial charge in [0.25, 0.3) is 0 Å². The molecule has 1 aliphatic rings. The smallest absolute Gasteiger partial charge is 0.0931 e. The van der Waals surface area contributed by atoms with Gasteiger partial charge in [-0.25, -0.2) is 0 Å². The van der Waals surface area contributed by atoms with Gasteiger partial charge in [-0.1, -0.05) is 30.9 Å². The summed E-state index contributed by atoms with van der Waals surface area (Å²) in [5.41, 5.74) is 3.24. The van der Waals surface area contributed by atoms with E-state index in [0.29, 0.717) is 0 Å². The number of nitrogens with two attached hydrogens (primary N) is 1. The van der Waals surface area contributed by atoms with E-state index in [4.69, 9.17) is 17.4 Å². The van der Waals surface area contributed by atoms with Crippen molar-refractivity contribution in [1.29, 1.82) is 0 Å². The molecule has 0 bridgehead atoms. The molecule has 0 radical (unpaired) electrons. The van der Waals surface area contributed by atoms with E-state index in [0.717, 1.165) is 10.8 Å². The third kappa shape index (κ3) is 3.31. The summed E-state index contributed by atoms with van der Waals surface area (Å²) in [5.74, 6) is 5.88. The Balaban J connectivity index is 2.17. The highest BCUT2D eigenvalue weighted by Gasteiger charge is 2.41. The van der Waals surface area contributed by atoms with Crippen LogP contribution in [-0.4, -0.2) is 30.6 Å². The first-order chi connectivity index (χ1) is 9.08. The molecule has 0 saturated heterocycles. The van der Waals surface area contributed by atoms with Crippen molar-refractivity contribution >= 4 is 22.9 Å². The maximum absolute atomic E-state index is 6.03. The first-order valence-electron chi connectivity index (χ1n) is 6.96. The predicted molar refractivity (Wildman–Crippen MR) is 83.6 cm³/mol. The van der Waals surface area contributed by atoms with E-state index in [1.165, 1.54) is 37.0 Å². The van der Waals surface area contributed by atoms with Gasteiger partial charge in [-0.15, -0.1) is 11.3 Å². The minimum absolute atomic E-state index is 0.170. The van der Waals surface area contributed by atoms with E-state index >= 15 is 0 Å². The number of nitrogens with zero attached hydrogens (tertiary/aromatic N) is 1. The topological polar surface area (TPSA) is 41.3 Å². The number of rotatable bonds is 5. The van der Waals surface area contributed by atoms with Crippen LogP contribution < -0.4 is 11.3 Å². The van der Waals surface area contributed by atoms with Crippen LogP contribution in [0.1, 0.15) is 37.0 Å². The minimum atomic E-state index is 0.170. The van der Waals surface area contributed by atoms with Gasteiger partial charge in [0.15, 0.2) is 0 Å². The molecule has 3 N–H and O–H groups in total. The zero-order chi connectivity index (χ0) is 13.9. The van der Waals surface area contributed by atoms with Gasteiger partial charge in [0, 0.05) is 22.9 Å². The normalized spacial score (nSPS) is 20.7. The zero-order valence-electron chi connectivity index (χ0n) is 11.8. The van der Waals surface area contributed by atoms with Crippen molar-refractivity contribution in [3.05, 3.63) is 21.3 Å². The molecule has 0 aromatic carbocycles. The second kappa shape index (κ2) is 6.55. The highest BCUT2D eigenvalue weighted by molar-refractivity contribution is 7.16. The van der Waals surface area contributed by atoms with Crippen LogP contribution in [0.15, 0.2) is 12.1 Å². The van der Waals surface area contributed by atoms with Crippen LogP contribution >= 0.6 is 22.9 Å². The van der Waals surface area contributed by atoms with Gasteiger partial charge in [0.05, 0.1) is 4.34 Å². The molecule has 2 rings (SSSR count). The van der Waals surface area contributed by atoms with Crippen molar-refractivity contribution in [3.8, 4) is 0 Å². The molecule has 1 aliphatic carbocycles. The van der Waals surface area contributed by atoms with Crippen molar-refractivity contribution in [1.82, 2.24) is 10.3 Å². The fraction of sp³-hybridized carbons (Fsp3) is 0.714. The summed E-state index contributed by atoms with van der Waals surface area (Å²) in [7, 11) is 4.36. The van der Waals surface area contributed by atoms with Crippen LogP contribution in [-0.2, 0) is 6.42 Å². The lowest BCUT2D eigenvalue weighted by molar-refractivity contribution is 0.0572. The number of halogens is 1. The first kappa shape index (κ1) is 15.3. The Labute approximate surface area is 125 Å². The Morgan fingerprint density at radius 2 is 2.05 bits per heavy atom. The van der Waals surface area contributed by atoms with Gasteiger partial charge in [0.1, 0.15) is 0 Å². The SMILES string of the molecule is CN(C)C1(C(Cc2ccc(Cl)s2)NN)CCCCC1. The number of nitrogens with one attached hydrogen (secondary N) is 1. The summed E-state index contributed by atoms with van der Waals surface area (Å²) in [6.07, 6.45) is 7.31. The van der Waals surface area contributed by atoms with Gasteiger partial charge < -0.3 is 4.90 Å². The molecule has 1 heterocycles. The van der Waals surface area contributed by atoms with Crippen molar-refractivity contribution in [3.63, 3.8) is 0 Å². The maximum atomic E-state index is 6.03. The van der Waals surface area contributed by atoms with Crippen LogP contribution in [0, 0.1) is 0 Å². The standard InChI is InChI=1S/C14H24ClN3S/c1-18(2)14(8-4-3-5-9-14)12(17-16)10-11-6-7-13(15)19-11/h6-7,12,17H,3-5,8-10,16H2,1-2H3. The molecule has 19 heavy (non-hydrogen) atoms.